The van der Waals surface area contributed by atoms with Crippen LogP contribution in [0, 0.1) is 11.8 Å². The molecule has 0 aromatic rings. The van der Waals surface area contributed by atoms with Crippen LogP contribution in [0.3, 0.4) is 0 Å². The Kier molecular flexibility index (Phi) is 3.55. The highest BCUT2D eigenvalue weighted by molar-refractivity contribution is 7.99. The molecule has 3 atom stereocenters. The summed E-state index contributed by atoms with van der Waals surface area (Å²) in [6, 6.07) is 0. The molecule has 13 heavy (non-hydrogen) atoms. The number of alkyl halides is 3. The van der Waals surface area contributed by atoms with Crippen LogP contribution < -0.4 is 0 Å². The van der Waals surface area contributed by atoms with Gasteiger partial charge in [-0.1, -0.05) is 13.3 Å². The van der Waals surface area contributed by atoms with E-state index in [1.165, 1.54) is 0 Å². The molecule has 0 bridgehead atoms. The number of hydrogen-bond donors (Lipinski definition) is 0. The maximum atomic E-state index is 12.5. The molecule has 3 unspecified atom stereocenters. The summed E-state index contributed by atoms with van der Waals surface area (Å²) in [6.45, 7) is 1.73. The van der Waals surface area contributed by atoms with E-state index in [2.05, 4.69) is 0 Å². The summed E-state index contributed by atoms with van der Waals surface area (Å²) in [6.07, 6.45) is -0.107. The summed E-state index contributed by atoms with van der Waals surface area (Å²) in [7, 11) is 0. The van der Waals surface area contributed by atoms with E-state index in [0.717, 1.165) is 12.8 Å². The molecule has 0 nitrogen and oxygen atoms in total. The zero-order valence-electron chi connectivity index (χ0n) is 7.90. The van der Waals surface area contributed by atoms with Gasteiger partial charge in [0.05, 0.1) is 5.92 Å². The lowest BCUT2D eigenvalue weighted by Crippen LogP contribution is -2.37. The molecular weight excluding hydrogens is 197 g/mol. The fraction of sp³-hybridized carbons (Fsp3) is 1.00. The monoisotopic (exact) mass is 212 g/mol. The van der Waals surface area contributed by atoms with Crippen LogP contribution in [-0.2, 0) is 0 Å². The van der Waals surface area contributed by atoms with E-state index in [1.807, 2.05) is 6.26 Å². The van der Waals surface area contributed by atoms with Crippen molar-refractivity contribution in [1.29, 1.82) is 0 Å². The molecule has 0 aromatic carbocycles. The highest BCUT2D eigenvalue weighted by Crippen LogP contribution is 2.44. The van der Waals surface area contributed by atoms with E-state index in [-0.39, 0.29) is 11.2 Å². The summed E-state index contributed by atoms with van der Waals surface area (Å²) >= 11 is 1.57. The van der Waals surface area contributed by atoms with E-state index < -0.39 is 12.1 Å². The van der Waals surface area contributed by atoms with Gasteiger partial charge in [0.1, 0.15) is 0 Å². The molecular formula is C9H15F3S. The van der Waals surface area contributed by atoms with Gasteiger partial charge in [-0.3, -0.25) is 0 Å². The average Bonchev–Trinajstić information content (AvgIpc) is 2.02. The third kappa shape index (κ3) is 2.55. The summed E-state index contributed by atoms with van der Waals surface area (Å²) in [4.78, 5) is 0. The normalized spacial score (nSPS) is 36.2. The number of halogens is 3. The summed E-state index contributed by atoms with van der Waals surface area (Å²) in [5.74, 6) is -1.29. The quantitative estimate of drug-likeness (QED) is 0.638. The third-order valence-electron chi connectivity index (χ3n) is 2.95. The van der Waals surface area contributed by atoms with Gasteiger partial charge in [0.2, 0.25) is 0 Å². The lowest BCUT2D eigenvalue weighted by molar-refractivity contribution is -0.193. The maximum absolute atomic E-state index is 12.5. The van der Waals surface area contributed by atoms with Gasteiger partial charge >= 0.3 is 6.18 Å². The standard InChI is InChI=1S/C9H15F3S/c1-6-7(9(10,11)12)4-3-5-8(6)13-2/h6-8H,3-5H2,1-2H3. The second kappa shape index (κ2) is 4.11. The minimum absolute atomic E-state index is 0.195. The van der Waals surface area contributed by atoms with Crippen LogP contribution in [0.4, 0.5) is 13.2 Å². The Morgan fingerprint density at radius 2 is 1.85 bits per heavy atom. The van der Waals surface area contributed by atoms with Crippen molar-refractivity contribution in [2.45, 2.75) is 37.6 Å². The van der Waals surface area contributed by atoms with Gasteiger partial charge in [-0.05, 0) is 25.0 Å². The van der Waals surface area contributed by atoms with Crippen LogP contribution in [0.25, 0.3) is 0 Å². The van der Waals surface area contributed by atoms with Gasteiger partial charge in [-0.15, -0.1) is 0 Å². The molecule has 0 spiro atoms. The van der Waals surface area contributed by atoms with Gasteiger partial charge in [0, 0.05) is 5.25 Å². The van der Waals surface area contributed by atoms with Crippen molar-refractivity contribution in [1.82, 2.24) is 0 Å². The van der Waals surface area contributed by atoms with Crippen molar-refractivity contribution < 1.29 is 13.2 Å². The molecule has 1 saturated carbocycles. The van der Waals surface area contributed by atoms with Crippen LogP contribution in [-0.4, -0.2) is 17.7 Å². The highest BCUT2D eigenvalue weighted by Gasteiger charge is 2.46. The van der Waals surface area contributed by atoms with Gasteiger partial charge in [-0.2, -0.15) is 24.9 Å². The van der Waals surface area contributed by atoms with Crippen LogP contribution >= 0.6 is 11.8 Å². The average molecular weight is 212 g/mol. The summed E-state index contributed by atoms with van der Waals surface area (Å²) < 4.78 is 37.5. The van der Waals surface area contributed by atoms with Crippen molar-refractivity contribution >= 4 is 11.8 Å². The number of rotatable bonds is 1. The van der Waals surface area contributed by atoms with Crippen molar-refractivity contribution in [3.63, 3.8) is 0 Å². The topological polar surface area (TPSA) is 0 Å². The SMILES string of the molecule is CSC1CCCC(C(F)(F)F)C1C. The first-order chi connectivity index (χ1) is 5.96. The van der Waals surface area contributed by atoms with Crippen LogP contribution in [0.15, 0.2) is 0 Å². The second-order valence-electron chi connectivity index (χ2n) is 3.71. The third-order valence-corrected chi connectivity index (χ3v) is 4.22. The molecule has 0 radical (unpaired) electrons. The molecule has 1 fully saturated rings. The Morgan fingerprint density at radius 3 is 2.31 bits per heavy atom. The smallest absolute Gasteiger partial charge is 0.171 e. The van der Waals surface area contributed by atoms with E-state index in [0.29, 0.717) is 6.42 Å². The zero-order chi connectivity index (χ0) is 10.1. The fourth-order valence-corrected chi connectivity index (χ4v) is 3.14. The van der Waals surface area contributed by atoms with Crippen molar-refractivity contribution in [2.24, 2.45) is 11.8 Å². The van der Waals surface area contributed by atoms with Crippen molar-refractivity contribution in [2.75, 3.05) is 6.26 Å². The Balaban J connectivity index is 2.65. The lowest BCUT2D eigenvalue weighted by atomic mass is 9.79. The molecule has 4 heteroatoms. The Hall–Kier alpha value is 0.140. The zero-order valence-corrected chi connectivity index (χ0v) is 8.71. The van der Waals surface area contributed by atoms with Crippen LogP contribution in [0.5, 0.6) is 0 Å². The fourth-order valence-electron chi connectivity index (χ4n) is 2.12. The second-order valence-corrected chi connectivity index (χ2v) is 4.79. The Morgan fingerprint density at radius 1 is 1.23 bits per heavy atom. The molecule has 0 saturated heterocycles. The molecule has 0 N–H and O–H groups in total. The summed E-state index contributed by atoms with van der Waals surface area (Å²) in [5.41, 5.74) is 0. The minimum Gasteiger partial charge on any atom is -0.171 e. The first kappa shape index (κ1) is 11.2. The van der Waals surface area contributed by atoms with Gasteiger partial charge in [-0.25, -0.2) is 0 Å². The number of thioether (sulfide) groups is 1. The molecule has 0 heterocycles. The minimum atomic E-state index is -3.99. The first-order valence-corrected chi connectivity index (χ1v) is 5.85. The van der Waals surface area contributed by atoms with Gasteiger partial charge in [0.15, 0.2) is 0 Å². The lowest BCUT2D eigenvalue weighted by Gasteiger charge is -2.36. The first-order valence-electron chi connectivity index (χ1n) is 4.56. The van der Waals surface area contributed by atoms with Gasteiger partial charge < -0.3 is 0 Å². The molecule has 0 amide bonds. The molecule has 1 rings (SSSR count). The van der Waals surface area contributed by atoms with Crippen LogP contribution in [0.1, 0.15) is 26.2 Å². The van der Waals surface area contributed by atoms with E-state index in [4.69, 9.17) is 0 Å². The van der Waals surface area contributed by atoms with E-state index in [1.54, 1.807) is 18.7 Å². The van der Waals surface area contributed by atoms with Crippen LogP contribution in [0.2, 0.25) is 0 Å². The largest absolute Gasteiger partial charge is 0.392 e. The summed E-state index contributed by atoms with van der Waals surface area (Å²) in [5, 5.41) is 0.195. The predicted molar refractivity (Wildman–Crippen MR) is 49.9 cm³/mol. The van der Waals surface area contributed by atoms with E-state index in [9.17, 15) is 13.2 Å². The maximum Gasteiger partial charge on any atom is 0.392 e. The Labute approximate surface area is 81.3 Å². The molecule has 0 aliphatic heterocycles. The molecule has 1 aliphatic carbocycles. The molecule has 1 aliphatic rings. The predicted octanol–water partition coefficient (Wildman–Crippen LogP) is 3.72. The van der Waals surface area contributed by atoms with Gasteiger partial charge in [0.25, 0.3) is 0 Å². The van der Waals surface area contributed by atoms with Crippen molar-refractivity contribution in [3.8, 4) is 0 Å². The van der Waals surface area contributed by atoms with Crippen molar-refractivity contribution in [3.05, 3.63) is 0 Å². The highest BCUT2D eigenvalue weighted by atomic mass is 32.2. The number of hydrogen-bond acceptors (Lipinski definition) is 1. The molecule has 78 valence electrons. The Bertz CT molecular complexity index is 167. The molecule has 0 aromatic heterocycles. The van der Waals surface area contributed by atoms with E-state index >= 15 is 0 Å².